The Kier molecular flexibility index (Phi) is 7.52. The fraction of sp³-hybridized carbons (Fsp3) is 0.0400. The van der Waals surface area contributed by atoms with Gasteiger partial charge in [0.15, 0.2) is 0 Å². The van der Waals surface area contributed by atoms with Crippen molar-refractivity contribution in [1.82, 2.24) is 29.1 Å². The van der Waals surface area contributed by atoms with Gasteiger partial charge in [-0.25, -0.2) is 19.9 Å². The number of para-hydroxylation sites is 2. The lowest BCUT2D eigenvalue weighted by atomic mass is 9.91. The van der Waals surface area contributed by atoms with Gasteiger partial charge in [0, 0.05) is 44.4 Å². The Hall–Kier alpha value is -7.44. The van der Waals surface area contributed by atoms with E-state index >= 15 is 0 Å². The first-order valence-electron chi connectivity index (χ1n) is 19.0. The maximum absolute atomic E-state index is 5.29. The van der Waals surface area contributed by atoms with Crippen molar-refractivity contribution >= 4 is 21.8 Å². The fourth-order valence-corrected chi connectivity index (χ4v) is 8.45. The number of fused-ring (bicyclic) bond motifs is 7. The lowest BCUT2D eigenvalue weighted by molar-refractivity contribution is 0.808. The summed E-state index contributed by atoms with van der Waals surface area (Å²) in [7, 11) is 0. The van der Waals surface area contributed by atoms with E-state index in [0.29, 0.717) is 0 Å². The summed E-state index contributed by atoms with van der Waals surface area (Å²) in [6, 6.07) is 62.9. The molecule has 6 nitrogen and oxygen atoms in total. The molecule has 0 aliphatic heterocycles. The second-order valence-electron chi connectivity index (χ2n) is 14.2. The van der Waals surface area contributed by atoms with Gasteiger partial charge < -0.3 is 0 Å². The summed E-state index contributed by atoms with van der Waals surface area (Å²) < 4.78 is 4.74. The second-order valence-corrected chi connectivity index (χ2v) is 14.2. The molecular weight excluding hydrogens is 685 g/mol. The van der Waals surface area contributed by atoms with Crippen molar-refractivity contribution in [2.45, 2.75) is 12.8 Å². The minimum atomic E-state index is 0.842. The summed E-state index contributed by atoms with van der Waals surface area (Å²) in [5, 5.41) is 2.43. The van der Waals surface area contributed by atoms with E-state index in [4.69, 9.17) is 19.9 Å². The molecule has 0 radical (unpaired) electrons. The summed E-state index contributed by atoms with van der Waals surface area (Å²) in [6.45, 7) is 0. The van der Waals surface area contributed by atoms with Crippen LogP contribution in [0, 0.1) is 0 Å². The lowest BCUT2D eigenvalue weighted by Gasteiger charge is -2.19. The molecule has 0 fully saturated rings. The van der Waals surface area contributed by atoms with E-state index in [-0.39, 0.29) is 0 Å². The van der Waals surface area contributed by atoms with Crippen LogP contribution in [-0.2, 0) is 12.8 Å². The van der Waals surface area contributed by atoms with Crippen LogP contribution < -0.4 is 0 Å². The fourth-order valence-electron chi connectivity index (χ4n) is 8.45. The van der Waals surface area contributed by atoms with Gasteiger partial charge in [-0.15, -0.1) is 0 Å². The molecule has 0 unspecified atom stereocenters. The van der Waals surface area contributed by atoms with Crippen LogP contribution in [0.4, 0.5) is 0 Å². The average Bonchev–Trinajstić information content (AvgIpc) is 3.80. The SMILES string of the molecule is c1ccc(-c2cccc(-c3cccc(-n4c5c(c6ccccc64)-c4c(n(-c6cccc(-c7cccc(-c8ccccc8)n7)n6)c6ccccc46)CC5)n3)n2)cc1. The molecular formula is C50H34N6. The Morgan fingerprint density at radius 2 is 0.661 bits per heavy atom. The molecule has 0 amide bonds. The molecule has 0 saturated heterocycles. The Morgan fingerprint density at radius 1 is 0.304 bits per heavy atom. The van der Waals surface area contributed by atoms with Crippen molar-refractivity contribution in [2.24, 2.45) is 0 Å². The number of hydrogen-bond donors (Lipinski definition) is 0. The van der Waals surface area contributed by atoms with Crippen LogP contribution >= 0.6 is 0 Å². The van der Waals surface area contributed by atoms with E-state index in [2.05, 4.69) is 143 Å². The van der Waals surface area contributed by atoms with Crippen LogP contribution in [0.5, 0.6) is 0 Å². The van der Waals surface area contributed by atoms with Gasteiger partial charge in [-0.2, -0.15) is 0 Å². The molecule has 1 aliphatic carbocycles. The molecule has 6 aromatic heterocycles. The minimum Gasteiger partial charge on any atom is -0.298 e. The first kappa shape index (κ1) is 32.0. The van der Waals surface area contributed by atoms with Crippen molar-refractivity contribution in [3.63, 3.8) is 0 Å². The Labute approximate surface area is 324 Å². The molecule has 56 heavy (non-hydrogen) atoms. The third-order valence-electron chi connectivity index (χ3n) is 10.9. The number of rotatable bonds is 6. The monoisotopic (exact) mass is 718 g/mol. The molecule has 0 saturated carbocycles. The summed E-state index contributed by atoms with van der Waals surface area (Å²) in [4.78, 5) is 20.7. The zero-order valence-electron chi connectivity index (χ0n) is 30.4. The Morgan fingerprint density at radius 3 is 1.11 bits per heavy atom. The van der Waals surface area contributed by atoms with Gasteiger partial charge in [-0.05, 0) is 73.5 Å². The highest BCUT2D eigenvalue weighted by atomic mass is 15.1. The molecule has 264 valence electrons. The highest BCUT2D eigenvalue weighted by Gasteiger charge is 2.31. The molecule has 1 aliphatic rings. The highest BCUT2D eigenvalue weighted by Crippen LogP contribution is 2.47. The number of benzene rings is 4. The van der Waals surface area contributed by atoms with Crippen molar-refractivity contribution in [1.29, 1.82) is 0 Å². The van der Waals surface area contributed by atoms with Crippen LogP contribution in [0.15, 0.2) is 182 Å². The summed E-state index contributed by atoms with van der Waals surface area (Å²) >= 11 is 0. The summed E-state index contributed by atoms with van der Waals surface area (Å²) in [5.41, 5.74) is 14.8. The van der Waals surface area contributed by atoms with Gasteiger partial charge in [0.05, 0.1) is 45.2 Å². The van der Waals surface area contributed by atoms with Crippen LogP contribution in [-0.4, -0.2) is 29.1 Å². The topological polar surface area (TPSA) is 61.4 Å². The van der Waals surface area contributed by atoms with Crippen molar-refractivity contribution in [3.05, 3.63) is 193 Å². The van der Waals surface area contributed by atoms with E-state index in [1.807, 2.05) is 48.5 Å². The molecule has 0 atom stereocenters. The molecule has 6 heterocycles. The van der Waals surface area contributed by atoms with Gasteiger partial charge in [-0.1, -0.05) is 121 Å². The third-order valence-corrected chi connectivity index (χ3v) is 10.9. The maximum Gasteiger partial charge on any atom is 0.138 e. The lowest BCUT2D eigenvalue weighted by Crippen LogP contribution is -2.12. The molecule has 10 aromatic rings. The van der Waals surface area contributed by atoms with Gasteiger partial charge >= 0.3 is 0 Å². The van der Waals surface area contributed by atoms with Crippen molar-refractivity contribution < 1.29 is 0 Å². The van der Waals surface area contributed by atoms with E-state index in [9.17, 15) is 0 Å². The minimum absolute atomic E-state index is 0.842. The number of aromatic nitrogens is 6. The highest BCUT2D eigenvalue weighted by molar-refractivity contribution is 6.09. The standard InChI is InChI=1S/C50H34N6/c1-3-15-33(16-4-1)37-21-11-23-39(51-37)41-25-13-29-47(53-41)55-43-27-9-7-19-35(43)49-45(55)31-32-46-50(49)36-20-8-10-28-44(36)56(46)48-30-14-26-42(54-48)40-24-12-22-38(52-40)34-17-5-2-6-18-34/h1-30H,31-32H2. The summed E-state index contributed by atoms with van der Waals surface area (Å²) in [5.74, 6) is 1.78. The van der Waals surface area contributed by atoms with Gasteiger partial charge in [0.25, 0.3) is 0 Å². The predicted molar refractivity (Wildman–Crippen MR) is 226 cm³/mol. The van der Waals surface area contributed by atoms with Crippen molar-refractivity contribution in [2.75, 3.05) is 0 Å². The normalized spacial score (nSPS) is 12.1. The van der Waals surface area contributed by atoms with Gasteiger partial charge in [0.1, 0.15) is 11.6 Å². The van der Waals surface area contributed by atoms with Crippen molar-refractivity contribution in [3.8, 4) is 68.1 Å². The first-order chi connectivity index (χ1) is 27.8. The zero-order valence-corrected chi connectivity index (χ0v) is 30.4. The van der Waals surface area contributed by atoms with Crippen LogP contribution in [0.25, 0.3) is 89.9 Å². The third kappa shape index (κ3) is 5.26. The zero-order chi connectivity index (χ0) is 37.0. The number of pyridine rings is 4. The largest absolute Gasteiger partial charge is 0.298 e. The molecule has 0 bridgehead atoms. The molecule has 0 N–H and O–H groups in total. The van der Waals surface area contributed by atoms with Crippen LogP contribution in [0.1, 0.15) is 11.4 Å². The van der Waals surface area contributed by atoms with E-state index in [1.165, 1.54) is 33.3 Å². The van der Waals surface area contributed by atoms with E-state index < -0.39 is 0 Å². The summed E-state index contributed by atoms with van der Waals surface area (Å²) in [6.07, 6.45) is 1.70. The van der Waals surface area contributed by atoms with Crippen LogP contribution in [0.2, 0.25) is 0 Å². The van der Waals surface area contributed by atoms with Gasteiger partial charge in [-0.3, -0.25) is 9.13 Å². The average molecular weight is 719 g/mol. The molecule has 11 rings (SSSR count). The number of nitrogens with zero attached hydrogens (tertiary/aromatic N) is 6. The molecule has 6 heteroatoms. The van der Waals surface area contributed by atoms with Gasteiger partial charge in [0.2, 0.25) is 0 Å². The van der Waals surface area contributed by atoms with E-state index in [1.54, 1.807) is 0 Å². The number of hydrogen-bond acceptors (Lipinski definition) is 4. The quantitative estimate of drug-likeness (QED) is 0.172. The van der Waals surface area contributed by atoms with Crippen LogP contribution in [0.3, 0.4) is 0 Å². The van der Waals surface area contributed by atoms with E-state index in [0.717, 1.165) is 80.8 Å². The Balaban J connectivity index is 1.05. The maximum atomic E-state index is 5.29. The first-order valence-corrected chi connectivity index (χ1v) is 19.0. The second kappa shape index (κ2) is 13.1. The smallest absolute Gasteiger partial charge is 0.138 e. The predicted octanol–water partition coefficient (Wildman–Crippen LogP) is 11.6. The molecule has 4 aromatic carbocycles. The molecule has 0 spiro atoms. The Bertz CT molecular complexity index is 2880.